The second-order valence-electron chi connectivity index (χ2n) is 4.23. The number of carboxylic acid groups (broad SMARTS) is 1. The highest BCUT2D eigenvalue weighted by Gasteiger charge is 2.32. The van der Waals surface area contributed by atoms with Crippen molar-refractivity contribution in [2.75, 3.05) is 6.54 Å². The zero-order valence-electron chi connectivity index (χ0n) is 10.6. The minimum Gasteiger partial charge on any atom is -0.480 e. The van der Waals surface area contributed by atoms with Crippen LogP contribution in [0, 0.1) is 11.6 Å². The molecular weight excluding hydrogens is 360 g/mol. The average Bonchev–Trinajstić information content (AvgIpc) is 2.29. The van der Waals surface area contributed by atoms with Gasteiger partial charge in [0.05, 0.1) is 4.47 Å². The normalized spacial score (nSPS) is 12.2. The van der Waals surface area contributed by atoms with Crippen molar-refractivity contribution in [1.29, 1.82) is 0 Å². The molecule has 0 fully saturated rings. The van der Waals surface area contributed by atoms with Crippen molar-refractivity contribution >= 4 is 31.9 Å². The monoisotopic (exact) mass is 371 g/mol. The molecule has 1 N–H and O–H groups in total. The van der Waals surface area contributed by atoms with Gasteiger partial charge >= 0.3 is 5.97 Å². The van der Waals surface area contributed by atoms with Crippen LogP contribution < -0.4 is 0 Å². The highest BCUT2D eigenvalue weighted by molar-refractivity contribution is 9.10. The topological polar surface area (TPSA) is 74.7 Å². The van der Waals surface area contributed by atoms with E-state index in [0.717, 1.165) is 0 Å². The lowest BCUT2D eigenvalue weighted by atomic mass is 10.3. The molecule has 0 saturated carbocycles. The molecule has 0 aromatic heterocycles. The van der Waals surface area contributed by atoms with Crippen LogP contribution in [0.25, 0.3) is 0 Å². The number of hydrogen-bond donors (Lipinski definition) is 1. The Kier molecular flexibility index (Phi) is 5.22. The average molecular weight is 372 g/mol. The first-order valence-corrected chi connectivity index (χ1v) is 7.69. The molecular formula is C11H12BrF2NO4S. The summed E-state index contributed by atoms with van der Waals surface area (Å²) in [5.41, 5.74) is 0. The highest BCUT2D eigenvalue weighted by Crippen LogP contribution is 2.26. The summed E-state index contributed by atoms with van der Waals surface area (Å²) >= 11 is 2.74. The number of nitrogens with zero attached hydrogens (tertiary/aromatic N) is 1. The maximum absolute atomic E-state index is 13.7. The van der Waals surface area contributed by atoms with Crippen LogP contribution in [0.1, 0.15) is 13.8 Å². The smallest absolute Gasteiger partial charge is 0.318 e. The standard InChI is InChI=1S/C11H12BrF2NO4S/c1-6(2)15(5-11(16)17)20(18,19)10-4-8(13)7(12)3-9(10)14/h3-4,6H,5H2,1-2H3,(H,16,17). The van der Waals surface area contributed by atoms with Crippen LogP contribution in [0.2, 0.25) is 0 Å². The minimum absolute atomic E-state index is 0.219. The summed E-state index contributed by atoms with van der Waals surface area (Å²) in [4.78, 5) is 9.82. The van der Waals surface area contributed by atoms with Gasteiger partial charge in [0.2, 0.25) is 10.0 Å². The SMILES string of the molecule is CC(C)N(CC(=O)O)S(=O)(=O)c1cc(F)c(Br)cc1F. The lowest BCUT2D eigenvalue weighted by molar-refractivity contribution is -0.137. The Morgan fingerprint density at radius 1 is 1.35 bits per heavy atom. The first kappa shape index (κ1) is 17.0. The molecule has 0 aliphatic carbocycles. The van der Waals surface area contributed by atoms with Crippen LogP contribution in [-0.4, -0.2) is 36.4 Å². The Labute approximate surface area is 123 Å². The van der Waals surface area contributed by atoms with Gasteiger partial charge < -0.3 is 5.11 Å². The first-order chi connectivity index (χ1) is 9.07. The molecule has 9 heteroatoms. The Hall–Kier alpha value is -1.06. The molecule has 0 heterocycles. The van der Waals surface area contributed by atoms with Gasteiger partial charge in [-0.25, -0.2) is 17.2 Å². The second-order valence-corrected chi connectivity index (χ2v) is 6.95. The molecule has 0 atom stereocenters. The third-order valence-corrected chi connectivity index (χ3v) is 5.07. The molecule has 0 radical (unpaired) electrons. The number of carbonyl (C=O) groups is 1. The molecule has 0 aliphatic rings. The molecule has 0 saturated heterocycles. The summed E-state index contributed by atoms with van der Waals surface area (Å²) in [5, 5.41) is 8.73. The molecule has 20 heavy (non-hydrogen) atoms. The van der Waals surface area contributed by atoms with E-state index in [-0.39, 0.29) is 4.47 Å². The van der Waals surface area contributed by atoms with Crippen LogP contribution in [0.3, 0.4) is 0 Å². The molecule has 0 unspecified atom stereocenters. The summed E-state index contributed by atoms with van der Waals surface area (Å²) in [5.74, 6) is -3.50. The molecule has 0 amide bonds. The highest BCUT2D eigenvalue weighted by atomic mass is 79.9. The van der Waals surface area contributed by atoms with Gasteiger partial charge in [-0.2, -0.15) is 4.31 Å². The minimum atomic E-state index is -4.45. The van der Waals surface area contributed by atoms with Gasteiger partial charge in [-0.15, -0.1) is 0 Å². The van der Waals surface area contributed by atoms with Crippen LogP contribution in [-0.2, 0) is 14.8 Å². The summed E-state index contributed by atoms with van der Waals surface area (Å²) < 4.78 is 52.0. The van der Waals surface area contributed by atoms with Gasteiger partial charge in [0.15, 0.2) is 0 Å². The van der Waals surface area contributed by atoms with Crippen LogP contribution in [0.5, 0.6) is 0 Å². The molecule has 112 valence electrons. The van der Waals surface area contributed by atoms with Gasteiger partial charge in [0, 0.05) is 6.04 Å². The zero-order chi connectivity index (χ0) is 15.7. The maximum atomic E-state index is 13.7. The fourth-order valence-corrected chi connectivity index (χ4v) is 3.47. The number of halogens is 3. The number of sulfonamides is 1. The molecule has 1 aromatic rings. The predicted octanol–water partition coefficient (Wildman–Crippen LogP) is 2.21. The van der Waals surface area contributed by atoms with Gasteiger partial charge in [-0.05, 0) is 41.9 Å². The fourth-order valence-electron chi connectivity index (χ4n) is 1.51. The van der Waals surface area contributed by atoms with E-state index in [2.05, 4.69) is 15.9 Å². The number of rotatable bonds is 5. The molecule has 0 spiro atoms. The van der Waals surface area contributed by atoms with E-state index in [0.29, 0.717) is 16.4 Å². The van der Waals surface area contributed by atoms with Crippen LogP contribution in [0.15, 0.2) is 21.5 Å². The second kappa shape index (κ2) is 6.15. The lowest BCUT2D eigenvalue weighted by Gasteiger charge is -2.24. The summed E-state index contributed by atoms with van der Waals surface area (Å²) in [6, 6.07) is 0.482. The Morgan fingerprint density at radius 3 is 2.35 bits per heavy atom. The Balaban J connectivity index is 3.41. The van der Waals surface area contributed by atoms with Crippen molar-refractivity contribution < 1.29 is 27.1 Å². The third-order valence-electron chi connectivity index (χ3n) is 2.43. The van der Waals surface area contributed by atoms with Crippen molar-refractivity contribution in [3.05, 3.63) is 28.2 Å². The maximum Gasteiger partial charge on any atom is 0.318 e. The Bertz CT molecular complexity index is 634. The fraction of sp³-hybridized carbons (Fsp3) is 0.364. The van der Waals surface area contributed by atoms with Crippen LogP contribution >= 0.6 is 15.9 Å². The summed E-state index contributed by atoms with van der Waals surface area (Å²) in [6.07, 6.45) is 0. The van der Waals surface area contributed by atoms with E-state index in [1.54, 1.807) is 0 Å². The van der Waals surface area contributed by atoms with Crippen molar-refractivity contribution in [2.24, 2.45) is 0 Å². The van der Waals surface area contributed by atoms with Crippen molar-refractivity contribution in [3.8, 4) is 0 Å². The largest absolute Gasteiger partial charge is 0.480 e. The van der Waals surface area contributed by atoms with E-state index in [1.807, 2.05) is 0 Å². The molecule has 1 rings (SSSR count). The van der Waals surface area contributed by atoms with E-state index in [4.69, 9.17) is 5.11 Å². The van der Waals surface area contributed by atoms with E-state index < -0.39 is 45.1 Å². The molecule has 0 aliphatic heterocycles. The quantitative estimate of drug-likeness (QED) is 0.805. The molecule has 1 aromatic carbocycles. The predicted molar refractivity (Wildman–Crippen MR) is 70.7 cm³/mol. The van der Waals surface area contributed by atoms with Gasteiger partial charge in [-0.3, -0.25) is 4.79 Å². The van der Waals surface area contributed by atoms with Gasteiger partial charge in [0.25, 0.3) is 0 Å². The number of hydrogen-bond acceptors (Lipinski definition) is 3. The van der Waals surface area contributed by atoms with E-state index >= 15 is 0 Å². The summed E-state index contributed by atoms with van der Waals surface area (Å²) in [7, 11) is -4.45. The van der Waals surface area contributed by atoms with E-state index in [9.17, 15) is 22.0 Å². The summed E-state index contributed by atoms with van der Waals surface area (Å²) in [6.45, 7) is 2.04. The molecule has 5 nitrogen and oxygen atoms in total. The zero-order valence-corrected chi connectivity index (χ0v) is 13.0. The van der Waals surface area contributed by atoms with Crippen molar-refractivity contribution in [3.63, 3.8) is 0 Å². The van der Waals surface area contributed by atoms with Crippen molar-refractivity contribution in [2.45, 2.75) is 24.8 Å². The Morgan fingerprint density at radius 2 is 1.90 bits per heavy atom. The number of benzene rings is 1. The van der Waals surface area contributed by atoms with Gasteiger partial charge in [0.1, 0.15) is 23.1 Å². The van der Waals surface area contributed by atoms with E-state index in [1.165, 1.54) is 13.8 Å². The lowest BCUT2D eigenvalue weighted by Crippen LogP contribution is -2.41. The third kappa shape index (κ3) is 3.53. The first-order valence-electron chi connectivity index (χ1n) is 5.45. The van der Waals surface area contributed by atoms with Crippen LogP contribution in [0.4, 0.5) is 8.78 Å². The number of carboxylic acids is 1. The van der Waals surface area contributed by atoms with Crippen molar-refractivity contribution in [1.82, 2.24) is 4.31 Å². The number of aliphatic carboxylic acids is 1. The molecule has 0 bridgehead atoms. The van der Waals surface area contributed by atoms with Gasteiger partial charge in [-0.1, -0.05) is 0 Å².